The molecule has 1 aromatic carbocycles. The van der Waals surface area contributed by atoms with Crippen molar-refractivity contribution in [2.45, 2.75) is 51.2 Å². The van der Waals surface area contributed by atoms with E-state index in [2.05, 4.69) is 41.1 Å². The van der Waals surface area contributed by atoms with E-state index in [4.69, 9.17) is 10.5 Å². The van der Waals surface area contributed by atoms with Crippen molar-refractivity contribution < 1.29 is 4.74 Å². The number of halogens is 1. The molecule has 1 fully saturated rings. The van der Waals surface area contributed by atoms with E-state index < -0.39 is 0 Å². The molecule has 1 aromatic rings. The second-order valence-electron chi connectivity index (χ2n) is 5.17. The first-order valence-corrected chi connectivity index (χ1v) is 7.59. The highest BCUT2D eigenvalue weighted by molar-refractivity contribution is 9.10. The number of ether oxygens (including phenoxy) is 1. The molecule has 2 atom stereocenters. The Balaban J connectivity index is 1.83. The summed E-state index contributed by atoms with van der Waals surface area (Å²) in [6.45, 7) is 3.07. The zero-order chi connectivity index (χ0) is 13.0. The van der Waals surface area contributed by atoms with Crippen LogP contribution < -0.4 is 5.73 Å². The molecule has 0 spiro atoms. The zero-order valence-corrected chi connectivity index (χ0v) is 12.6. The van der Waals surface area contributed by atoms with E-state index in [9.17, 15) is 0 Å². The highest BCUT2D eigenvalue weighted by atomic mass is 79.9. The van der Waals surface area contributed by atoms with Gasteiger partial charge in [0.2, 0.25) is 0 Å². The molecule has 2 nitrogen and oxygen atoms in total. The van der Waals surface area contributed by atoms with Gasteiger partial charge in [-0.05, 0) is 62.3 Å². The summed E-state index contributed by atoms with van der Waals surface area (Å²) < 4.78 is 6.74. The molecule has 1 heterocycles. The normalized spacial score (nSPS) is 21.2. The predicted octanol–water partition coefficient (Wildman–Crippen LogP) is 4.11. The average Bonchev–Trinajstić information content (AvgIpc) is 2.85. The minimum atomic E-state index is 0.143. The Hall–Kier alpha value is -0.380. The molecule has 1 aliphatic heterocycles. The van der Waals surface area contributed by atoms with E-state index >= 15 is 0 Å². The van der Waals surface area contributed by atoms with Crippen molar-refractivity contribution in [2.24, 2.45) is 5.73 Å². The maximum atomic E-state index is 6.29. The lowest BCUT2D eigenvalue weighted by atomic mass is 9.96. The maximum Gasteiger partial charge on any atom is 0.0576 e. The molecule has 1 aliphatic rings. The summed E-state index contributed by atoms with van der Waals surface area (Å²) in [5, 5.41) is 0. The van der Waals surface area contributed by atoms with Crippen LogP contribution in [0.1, 0.15) is 49.3 Å². The molecule has 1 saturated heterocycles. The number of benzene rings is 1. The third-order valence-corrected chi connectivity index (χ3v) is 4.20. The predicted molar refractivity (Wildman–Crippen MR) is 78.6 cm³/mol. The van der Waals surface area contributed by atoms with E-state index in [-0.39, 0.29) is 6.04 Å². The fourth-order valence-corrected chi connectivity index (χ4v) is 2.98. The molecule has 2 unspecified atom stereocenters. The zero-order valence-electron chi connectivity index (χ0n) is 11.0. The minimum Gasteiger partial charge on any atom is -0.378 e. The maximum absolute atomic E-state index is 6.29. The Bertz CT molecular complexity index is 388. The lowest BCUT2D eigenvalue weighted by Crippen LogP contribution is -2.13. The molecular weight excluding hydrogens is 290 g/mol. The average molecular weight is 312 g/mol. The van der Waals surface area contributed by atoms with E-state index in [1.165, 1.54) is 24.0 Å². The summed E-state index contributed by atoms with van der Waals surface area (Å²) in [5.41, 5.74) is 8.83. The first-order chi connectivity index (χ1) is 8.66. The monoisotopic (exact) mass is 311 g/mol. The van der Waals surface area contributed by atoms with Gasteiger partial charge < -0.3 is 10.5 Å². The minimum absolute atomic E-state index is 0.143. The van der Waals surface area contributed by atoms with Gasteiger partial charge in [-0.2, -0.15) is 0 Å². The van der Waals surface area contributed by atoms with E-state index in [0.29, 0.717) is 6.10 Å². The second kappa shape index (κ2) is 6.69. The summed E-state index contributed by atoms with van der Waals surface area (Å²) in [7, 11) is 0. The molecule has 2 rings (SSSR count). The molecule has 100 valence electrons. The van der Waals surface area contributed by atoms with Crippen molar-refractivity contribution in [3.05, 3.63) is 33.8 Å². The molecule has 0 aromatic heterocycles. The first-order valence-electron chi connectivity index (χ1n) is 6.80. The van der Waals surface area contributed by atoms with E-state index in [1.807, 2.05) is 0 Å². The summed E-state index contributed by atoms with van der Waals surface area (Å²) in [4.78, 5) is 0. The smallest absolute Gasteiger partial charge is 0.0576 e. The number of hydrogen-bond donors (Lipinski definition) is 1. The lowest BCUT2D eigenvalue weighted by molar-refractivity contribution is 0.101. The van der Waals surface area contributed by atoms with Crippen molar-refractivity contribution in [2.75, 3.05) is 6.61 Å². The molecule has 0 bridgehead atoms. The third kappa shape index (κ3) is 3.81. The molecule has 2 N–H and O–H groups in total. The Morgan fingerprint density at radius 1 is 1.50 bits per heavy atom. The molecule has 0 radical (unpaired) electrons. The van der Waals surface area contributed by atoms with Gasteiger partial charge in [0.25, 0.3) is 0 Å². The van der Waals surface area contributed by atoms with Crippen LogP contribution in [0.25, 0.3) is 0 Å². The summed E-state index contributed by atoms with van der Waals surface area (Å²) in [6.07, 6.45) is 6.28. The molecule has 0 saturated carbocycles. The van der Waals surface area contributed by atoms with Crippen LogP contribution in [0.3, 0.4) is 0 Å². The highest BCUT2D eigenvalue weighted by Gasteiger charge is 2.16. The topological polar surface area (TPSA) is 35.2 Å². The van der Waals surface area contributed by atoms with Gasteiger partial charge in [-0.25, -0.2) is 0 Å². The molecule has 0 aliphatic carbocycles. The van der Waals surface area contributed by atoms with Gasteiger partial charge in [-0.3, -0.25) is 0 Å². The molecule has 18 heavy (non-hydrogen) atoms. The van der Waals surface area contributed by atoms with Crippen LogP contribution in [0.15, 0.2) is 22.7 Å². The Labute approximate surface area is 118 Å². The fourth-order valence-electron chi connectivity index (χ4n) is 2.60. The first kappa shape index (κ1) is 14.0. The van der Waals surface area contributed by atoms with Crippen molar-refractivity contribution in [1.82, 2.24) is 0 Å². The second-order valence-corrected chi connectivity index (χ2v) is 6.09. The van der Waals surface area contributed by atoms with E-state index in [1.54, 1.807) is 0 Å². The highest BCUT2D eigenvalue weighted by Crippen LogP contribution is 2.25. The standard InChI is InChI=1S/C15H22BrNO/c1-11-7-8-12(16)10-14(11)15(17)6-2-4-13-5-3-9-18-13/h7-8,10,13,15H,2-6,9,17H2,1H3. The third-order valence-electron chi connectivity index (χ3n) is 3.71. The number of aryl methyl sites for hydroxylation is 1. The number of hydrogen-bond acceptors (Lipinski definition) is 2. The van der Waals surface area contributed by atoms with Crippen LogP contribution in [-0.4, -0.2) is 12.7 Å². The lowest BCUT2D eigenvalue weighted by Gasteiger charge is -2.16. The van der Waals surface area contributed by atoms with E-state index in [0.717, 1.165) is 30.3 Å². The SMILES string of the molecule is Cc1ccc(Br)cc1C(N)CCCC1CCCO1. The van der Waals surface area contributed by atoms with Crippen LogP contribution >= 0.6 is 15.9 Å². The Kier molecular flexibility index (Phi) is 5.22. The molecule has 3 heteroatoms. The van der Waals surface area contributed by atoms with Gasteiger partial charge in [0.15, 0.2) is 0 Å². The van der Waals surface area contributed by atoms with Crippen molar-refractivity contribution in [3.63, 3.8) is 0 Å². The van der Waals surface area contributed by atoms with Crippen LogP contribution in [0.2, 0.25) is 0 Å². The summed E-state index contributed by atoms with van der Waals surface area (Å²) in [5.74, 6) is 0. The van der Waals surface area contributed by atoms with Gasteiger partial charge in [0.05, 0.1) is 6.10 Å². The number of rotatable bonds is 5. The fraction of sp³-hybridized carbons (Fsp3) is 0.600. The Morgan fingerprint density at radius 3 is 3.06 bits per heavy atom. The van der Waals surface area contributed by atoms with Crippen molar-refractivity contribution in [3.8, 4) is 0 Å². The quantitative estimate of drug-likeness (QED) is 0.888. The molecule has 0 amide bonds. The van der Waals surface area contributed by atoms with Crippen LogP contribution in [0, 0.1) is 6.92 Å². The number of nitrogens with two attached hydrogens (primary N) is 1. The van der Waals surface area contributed by atoms with Crippen molar-refractivity contribution in [1.29, 1.82) is 0 Å². The largest absolute Gasteiger partial charge is 0.378 e. The Morgan fingerprint density at radius 2 is 2.33 bits per heavy atom. The van der Waals surface area contributed by atoms with Gasteiger partial charge >= 0.3 is 0 Å². The van der Waals surface area contributed by atoms with Crippen LogP contribution in [-0.2, 0) is 4.74 Å². The van der Waals surface area contributed by atoms with Gasteiger partial charge in [-0.1, -0.05) is 22.0 Å². The summed E-state index contributed by atoms with van der Waals surface area (Å²) >= 11 is 3.51. The van der Waals surface area contributed by atoms with Crippen LogP contribution in [0.5, 0.6) is 0 Å². The van der Waals surface area contributed by atoms with Gasteiger partial charge in [-0.15, -0.1) is 0 Å². The van der Waals surface area contributed by atoms with Crippen LogP contribution in [0.4, 0.5) is 0 Å². The molecular formula is C15H22BrNO. The summed E-state index contributed by atoms with van der Waals surface area (Å²) in [6, 6.07) is 6.48. The van der Waals surface area contributed by atoms with Crippen molar-refractivity contribution >= 4 is 15.9 Å². The van der Waals surface area contributed by atoms with Gasteiger partial charge in [0.1, 0.15) is 0 Å². The van der Waals surface area contributed by atoms with Gasteiger partial charge in [0, 0.05) is 17.1 Å².